The number of carboxylic acids is 1. The number of carbonyl (C=O) groups excluding carboxylic acids is 5. The van der Waals surface area contributed by atoms with Crippen molar-refractivity contribution in [3.63, 3.8) is 0 Å². The Kier molecular flexibility index (Phi) is 13.4. The minimum atomic E-state index is -1.14. The van der Waals surface area contributed by atoms with E-state index in [1.807, 2.05) is 39.0 Å². The Hall–Kier alpha value is -5.72. The second kappa shape index (κ2) is 17.4. The van der Waals surface area contributed by atoms with E-state index in [4.69, 9.17) is 4.74 Å². The number of amides is 5. The van der Waals surface area contributed by atoms with Crippen molar-refractivity contribution in [3.05, 3.63) is 83.4 Å². The number of hydrogen-bond acceptors (Lipinski definition) is 7. The maximum Gasteiger partial charge on any atom is 0.329 e. The number of ether oxygens (including phenoxy) is 1. The second-order valence-electron chi connectivity index (χ2n) is 11.4. The number of hydrogen-bond donors (Lipinski definition) is 4. The van der Waals surface area contributed by atoms with Crippen LogP contribution in [0.1, 0.15) is 55.6 Å². The topological polar surface area (TPSA) is 174 Å². The molecule has 260 valence electrons. The molecule has 13 nitrogen and oxygen atoms in total. The average Bonchev–Trinajstić information content (AvgIpc) is 3.16. The highest BCUT2D eigenvalue weighted by molar-refractivity contribution is 6.12. The lowest BCUT2D eigenvalue weighted by atomic mass is 10.00. The molecule has 3 aromatic carbocycles. The third-order valence-electron chi connectivity index (χ3n) is 7.57. The second-order valence-corrected chi connectivity index (χ2v) is 11.4. The fraction of sp³-hybridized carbons (Fsp3) is 0.333. The summed E-state index contributed by atoms with van der Waals surface area (Å²) in [4.78, 5) is 78.9. The molecular weight excluding hydrogens is 630 g/mol. The van der Waals surface area contributed by atoms with E-state index in [-0.39, 0.29) is 42.2 Å². The molecule has 0 fully saturated rings. The van der Waals surface area contributed by atoms with Crippen molar-refractivity contribution < 1.29 is 38.6 Å². The van der Waals surface area contributed by atoms with Crippen LogP contribution in [0.2, 0.25) is 0 Å². The molecule has 13 heteroatoms. The number of para-hydroxylation sites is 1. The van der Waals surface area contributed by atoms with Crippen LogP contribution < -0.4 is 20.9 Å². The van der Waals surface area contributed by atoms with Gasteiger partial charge in [-0.2, -0.15) is 0 Å². The third-order valence-corrected chi connectivity index (χ3v) is 7.57. The van der Waals surface area contributed by atoms with Gasteiger partial charge in [0.25, 0.3) is 5.91 Å². The van der Waals surface area contributed by atoms with Crippen LogP contribution in [-0.4, -0.2) is 71.9 Å². The standard InChI is InChI=1S/C34H37N5O8.C2H6/c1-20(2)31(33(45)47-4)39-27-14-13-24(18-25(27)32(44)38(19-29(39)41)16-15-30(42)43)35-28(40)17-22-9-11-23(12-10-22)36-34(46)37-26-8-6-5-7-21(26)3;1-2/h5-14,18,20,31H,15-17,19H2,1-4H3,(H,35,40)(H,42,43)(H2,36,37,46);1-2H3. The molecule has 0 bridgehead atoms. The van der Waals surface area contributed by atoms with Gasteiger partial charge < -0.3 is 30.7 Å². The molecule has 4 N–H and O–H groups in total. The molecule has 1 unspecified atom stereocenters. The largest absolute Gasteiger partial charge is 0.481 e. The Morgan fingerprint density at radius 1 is 0.898 bits per heavy atom. The van der Waals surface area contributed by atoms with Crippen LogP contribution in [0.3, 0.4) is 0 Å². The molecule has 5 amide bonds. The lowest BCUT2D eigenvalue weighted by Gasteiger charge is -2.32. The number of anilines is 4. The minimum Gasteiger partial charge on any atom is -0.481 e. The maximum absolute atomic E-state index is 13.6. The average molecular weight is 674 g/mol. The van der Waals surface area contributed by atoms with Gasteiger partial charge in [0.1, 0.15) is 12.6 Å². The van der Waals surface area contributed by atoms with Crippen LogP contribution >= 0.6 is 0 Å². The first-order valence-corrected chi connectivity index (χ1v) is 15.9. The van der Waals surface area contributed by atoms with Crippen LogP contribution in [0, 0.1) is 12.8 Å². The van der Waals surface area contributed by atoms with Crippen molar-refractivity contribution in [2.45, 2.75) is 53.5 Å². The summed E-state index contributed by atoms with van der Waals surface area (Å²) in [7, 11) is 1.21. The zero-order chi connectivity index (χ0) is 36.2. The number of nitrogens with one attached hydrogen (secondary N) is 3. The van der Waals surface area contributed by atoms with E-state index in [1.165, 1.54) is 30.2 Å². The fourth-order valence-corrected chi connectivity index (χ4v) is 5.22. The summed E-state index contributed by atoms with van der Waals surface area (Å²) < 4.78 is 4.96. The highest BCUT2D eigenvalue weighted by atomic mass is 16.5. The number of nitrogens with zero attached hydrogens (tertiary/aromatic N) is 2. The predicted octanol–water partition coefficient (Wildman–Crippen LogP) is 5.31. The number of rotatable bonds is 11. The number of aliphatic carboxylic acids is 1. The molecule has 1 atom stereocenters. The predicted molar refractivity (Wildman–Crippen MR) is 187 cm³/mol. The Morgan fingerprint density at radius 3 is 2.16 bits per heavy atom. The minimum absolute atomic E-state index is 0.0200. The van der Waals surface area contributed by atoms with Crippen molar-refractivity contribution >= 4 is 58.4 Å². The summed E-state index contributed by atoms with van der Waals surface area (Å²) in [6, 6.07) is 17.1. The van der Waals surface area contributed by atoms with Crippen LogP contribution in [0.15, 0.2) is 66.7 Å². The number of urea groups is 1. The van der Waals surface area contributed by atoms with Crippen molar-refractivity contribution in [3.8, 4) is 0 Å². The molecule has 0 radical (unpaired) electrons. The molecular formula is C36H43N5O8. The number of aryl methyl sites for hydroxylation is 1. The van der Waals surface area contributed by atoms with Gasteiger partial charge in [0, 0.05) is 23.6 Å². The first-order chi connectivity index (χ1) is 23.4. The highest BCUT2D eigenvalue weighted by Gasteiger charge is 2.40. The van der Waals surface area contributed by atoms with Crippen molar-refractivity contribution in [2.75, 3.05) is 41.0 Å². The lowest BCUT2D eigenvalue weighted by Crippen LogP contribution is -2.51. The van der Waals surface area contributed by atoms with Gasteiger partial charge in [-0.15, -0.1) is 0 Å². The lowest BCUT2D eigenvalue weighted by molar-refractivity contribution is -0.144. The summed E-state index contributed by atoms with van der Waals surface area (Å²) in [6.45, 7) is 8.69. The van der Waals surface area contributed by atoms with E-state index in [2.05, 4.69) is 16.0 Å². The summed E-state index contributed by atoms with van der Waals surface area (Å²) in [5.74, 6) is -3.78. The molecule has 49 heavy (non-hydrogen) atoms. The van der Waals surface area contributed by atoms with E-state index in [1.54, 1.807) is 44.2 Å². The van der Waals surface area contributed by atoms with E-state index in [0.29, 0.717) is 16.9 Å². The van der Waals surface area contributed by atoms with Crippen LogP contribution in [0.25, 0.3) is 0 Å². The van der Waals surface area contributed by atoms with Gasteiger partial charge in [-0.05, 0) is 60.4 Å². The van der Waals surface area contributed by atoms with Gasteiger partial charge in [-0.3, -0.25) is 24.1 Å². The SMILES string of the molecule is CC.COC(=O)C(C(C)C)N1C(=O)CN(CCC(=O)O)C(=O)c2cc(NC(=O)Cc3ccc(NC(=O)Nc4ccccc4C)cc3)ccc21. The smallest absolute Gasteiger partial charge is 0.329 e. The number of methoxy groups -OCH3 is 1. The monoisotopic (exact) mass is 673 g/mol. The van der Waals surface area contributed by atoms with E-state index in [0.717, 1.165) is 10.5 Å². The number of fused-ring (bicyclic) bond motifs is 1. The molecule has 3 aromatic rings. The number of carbonyl (C=O) groups is 6. The van der Waals surface area contributed by atoms with E-state index in [9.17, 15) is 33.9 Å². The molecule has 4 rings (SSSR count). The van der Waals surface area contributed by atoms with Crippen molar-refractivity contribution in [2.24, 2.45) is 5.92 Å². The molecule has 1 heterocycles. The van der Waals surface area contributed by atoms with Gasteiger partial charge in [0.15, 0.2) is 0 Å². The van der Waals surface area contributed by atoms with Gasteiger partial charge in [0.2, 0.25) is 11.8 Å². The van der Waals surface area contributed by atoms with Gasteiger partial charge in [-0.1, -0.05) is 58.0 Å². The molecule has 0 saturated heterocycles. The van der Waals surface area contributed by atoms with Crippen LogP contribution in [0.5, 0.6) is 0 Å². The van der Waals surface area contributed by atoms with Gasteiger partial charge in [0.05, 0.1) is 31.2 Å². The molecule has 1 aliphatic heterocycles. The molecule has 0 saturated carbocycles. The third kappa shape index (κ3) is 9.89. The Bertz CT molecular complexity index is 1690. The zero-order valence-electron chi connectivity index (χ0n) is 28.5. The van der Waals surface area contributed by atoms with Crippen molar-refractivity contribution in [1.82, 2.24) is 4.90 Å². The van der Waals surface area contributed by atoms with E-state index < -0.39 is 48.3 Å². The number of benzene rings is 3. The Balaban J connectivity index is 0.00000319. The summed E-state index contributed by atoms with van der Waals surface area (Å²) >= 11 is 0. The summed E-state index contributed by atoms with van der Waals surface area (Å²) in [6.07, 6.45) is -0.408. The molecule has 1 aliphatic rings. The first kappa shape index (κ1) is 37.7. The normalized spacial score (nSPS) is 13.0. The quantitative estimate of drug-likeness (QED) is 0.198. The Morgan fingerprint density at radius 2 is 1.55 bits per heavy atom. The number of carboxylic acid groups (broad SMARTS) is 1. The van der Waals surface area contributed by atoms with Crippen molar-refractivity contribution in [1.29, 1.82) is 0 Å². The summed E-state index contributed by atoms with van der Waals surface area (Å²) in [5.41, 5.74) is 3.23. The molecule has 0 aromatic heterocycles. The first-order valence-electron chi connectivity index (χ1n) is 15.9. The number of esters is 1. The van der Waals surface area contributed by atoms with Crippen LogP contribution in [0.4, 0.5) is 27.5 Å². The molecule has 0 spiro atoms. The highest BCUT2D eigenvalue weighted by Crippen LogP contribution is 2.32. The van der Waals surface area contributed by atoms with E-state index >= 15 is 0 Å². The maximum atomic E-state index is 13.6. The molecule has 0 aliphatic carbocycles. The fourth-order valence-electron chi connectivity index (χ4n) is 5.22. The van der Waals surface area contributed by atoms with Gasteiger partial charge in [-0.25, -0.2) is 9.59 Å². The zero-order valence-corrected chi connectivity index (χ0v) is 28.5. The summed E-state index contributed by atoms with van der Waals surface area (Å²) in [5, 5.41) is 17.5. The van der Waals surface area contributed by atoms with Gasteiger partial charge >= 0.3 is 18.0 Å². The Labute approximate surface area is 285 Å². The van der Waals surface area contributed by atoms with Crippen LogP contribution in [-0.2, 0) is 30.3 Å².